The van der Waals surface area contributed by atoms with Crippen molar-refractivity contribution in [3.05, 3.63) is 47.9 Å². The molecule has 40 heavy (non-hydrogen) atoms. The van der Waals surface area contributed by atoms with Gasteiger partial charge in [-0.2, -0.15) is 0 Å². The number of halogens is 1. The first-order valence-electron chi connectivity index (χ1n) is 13.6. The average Bonchev–Trinajstić information content (AvgIpc) is 3.33. The molecule has 1 aromatic heterocycles. The molecular formula is C30H43ClN4O5. The van der Waals surface area contributed by atoms with Crippen LogP contribution in [-0.2, 0) is 27.7 Å². The number of benzene rings is 1. The number of alkyl carbamates (subject to hydrolysis) is 1. The number of hydrogen-bond acceptors (Lipinski definition) is 7. The molecule has 1 aliphatic carbocycles. The second-order valence-electron chi connectivity index (χ2n) is 12.7. The van der Waals surface area contributed by atoms with Crippen LogP contribution in [0.1, 0.15) is 70.9 Å². The smallest absolute Gasteiger partial charge is 0.408 e. The highest BCUT2D eigenvalue weighted by molar-refractivity contribution is 6.11. The Kier molecular flexibility index (Phi) is 9.19. The van der Waals surface area contributed by atoms with Gasteiger partial charge in [0.25, 0.3) is 0 Å². The van der Waals surface area contributed by atoms with Gasteiger partial charge in [-0.25, -0.2) is 9.59 Å². The molecule has 10 heteroatoms. The van der Waals surface area contributed by atoms with Crippen molar-refractivity contribution in [2.24, 2.45) is 18.4 Å². The number of rotatable bonds is 6. The number of para-hydroxylation sites is 1. The zero-order valence-corrected chi connectivity index (χ0v) is 25.6. The molecule has 9 nitrogen and oxygen atoms in total. The molecule has 2 aromatic rings. The van der Waals surface area contributed by atoms with Crippen molar-refractivity contribution >= 4 is 41.2 Å². The molecule has 1 aliphatic heterocycles. The highest BCUT2D eigenvalue weighted by atomic mass is 35.5. The van der Waals surface area contributed by atoms with Crippen molar-refractivity contribution < 1.29 is 23.9 Å². The summed E-state index contributed by atoms with van der Waals surface area (Å²) in [6.07, 6.45) is 4.74. The van der Waals surface area contributed by atoms with Crippen LogP contribution in [-0.4, -0.2) is 63.3 Å². The van der Waals surface area contributed by atoms with Crippen molar-refractivity contribution in [2.75, 3.05) is 13.3 Å². The normalized spacial score (nSPS) is 19.8. The third kappa shape index (κ3) is 6.57. The van der Waals surface area contributed by atoms with Gasteiger partial charge < -0.3 is 29.2 Å². The van der Waals surface area contributed by atoms with E-state index in [1.54, 1.807) is 20.8 Å². The molecule has 0 radical (unpaired) electrons. The Bertz CT molecular complexity index is 1290. The van der Waals surface area contributed by atoms with Gasteiger partial charge in [0.1, 0.15) is 17.8 Å². The Labute approximate surface area is 243 Å². The lowest BCUT2D eigenvalue weighted by Crippen LogP contribution is -2.52. The Balaban J connectivity index is 0.00000441. The van der Waals surface area contributed by atoms with E-state index in [1.165, 1.54) is 0 Å². The standard InChI is InChI=1S/C30H42N4O5.ClH/c1-19-33(17-20-13-14-23-24(25(20)35)21-11-9-10-12-22(21)32(23)8)15-16-34(19)18-38-27(36)26(29(2,3)4)31-28(37)39-30(5,6)7;/h9-12,15-16,19-20,26H,13-14,17-18H2,1-8H3,(H,31,37);1H. The van der Waals surface area contributed by atoms with Crippen molar-refractivity contribution in [1.82, 2.24) is 19.7 Å². The van der Waals surface area contributed by atoms with Crippen LogP contribution >= 0.6 is 12.4 Å². The number of ketones is 1. The minimum Gasteiger partial charge on any atom is -0.444 e. The van der Waals surface area contributed by atoms with E-state index < -0.39 is 29.1 Å². The Morgan fingerprint density at radius 2 is 1.73 bits per heavy atom. The van der Waals surface area contributed by atoms with Gasteiger partial charge in [0, 0.05) is 54.1 Å². The number of carbonyl (C=O) groups is 3. The Morgan fingerprint density at radius 1 is 1.07 bits per heavy atom. The zero-order valence-electron chi connectivity index (χ0n) is 24.8. The van der Waals surface area contributed by atoms with E-state index in [0.29, 0.717) is 6.54 Å². The lowest BCUT2D eigenvalue weighted by atomic mass is 9.84. The highest BCUT2D eigenvalue weighted by Gasteiger charge is 2.37. The van der Waals surface area contributed by atoms with Crippen molar-refractivity contribution in [2.45, 2.75) is 79.1 Å². The van der Waals surface area contributed by atoms with Crippen LogP contribution in [0.4, 0.5) is 4.79 Å². The first kappa shape index (κ1) is 31.3. The molecule has 0 bridgehead atoms. The number of amides is 1. The number of ether oxygens (including phenoxy) is 2. The van der Waals surface area contributed by atoms with Gasteiger partial charge in [0.2, 0.25) is 0 Å². The SMILES string of the molecule is CC1N(COC(=O)C(NC(=O)OC(C)(C)C)C(C)(C)C)C=CN1CC1CCc2c(c3ccccc3n2C)C1=O.Cl. The lowest BCUT2D eigenvalue weighted by Gasteiger charge is -2.34. The summed E-state index contributed by atoms with van der Waals surface area (Å²) in [4.78, 5) is 43.0. The summed E-state index contributed by atoms with van der Waals surface area (Å²) in [6, 6.07) is 7.21. The molecule has 2 aliphatic rings. The number of fused-ring (bicyclic) bond motifs is 3. The number of Topliss-reactive ketones (excluding diaryl/α,β-unsaturated/α-hetero) is 1. The molecule has 2 heterocycles. The number of aromatic nitrogens is 1. The maximum Gasteiger partial charge on any atom is 0.408 e. The number of carbonyl (C=O) groups excluding carboxylic acids is 3. The molecule has 3 unspecified atom stereocenters. The quantitative estimate of drug-likeness (QED) is 0.473. The van der Waals surface area contributed by atoms with Gasteiger partial charge >= 0.3 is 12.1 Å². The Hall–Kier alpha value is -3.20. The molecule has 0 saturated carbocycles. The summed E-state index contributed by atoms with van der Waals surface area (Å²) in [6.45, 7) is 13.5. The minimum atomic E-state index is -0.875. The number of hydrogen-bond donors (Lipinski definition) is 1. The molecule has 220 valence electrons. The Morgan fingerprint density at radius 3 is 2.38 bits per heavy atom. The van der Waals surface area contributed by atoms with Crippen LogP contribution in [0, 0.1) is 11.3 Å². The van der Waals surface area contributed by atoms with E-state index >= 15 is 0 Å². The molecule has 1 N–H and O–H groups in total. The van der Waals surface area contributed by atoms with Gasteiger partial charge in [0.05, 0.1) is 0 Å². The number of esters is 1. The van der Waals surface area contributed by atoms with Crippen LogP contribution in [0.2, 0.25) is 0 Å². The fourth-order valence-electron chi connectivity index (χ4n) is 5.34. The summed E-state index contributed by atoms with van der Waals surface area (Å²) >= 11 is 0. The van der Waals surface area contributed by atoms with E-state index in [-0.39, 0.29) is 37.0 Å². The van der Waals surface area contributed by atoms with Gasteiger partial charge in [0.15, 0.2) is 12.5 Å². The summed E-state index contributed by atoms with van der Waals surface area (Å²) in [7, 11) is 2.03. The topological polar surface area (TPSA) is 93.1 Å². The highest BCUT2D eigenvalue weighted by Crippen LogP contribution is 2.34. The first-order chi connectivity index (χ1) is 18.2. The molecule has 3 atom stereocenters. The van der Waals surface area contributed by atoms with Crippen LogP contribution in [0.3, 0.4) is 0 Å². The van der Waals surface area contributed by atoms with E-state index in [4.69, 9.17) is 9.47 Å². The molecule has 0 spiro atoms. The van der Waals surface area contributed by atoms with E-state index in [1.807, 2.05) is 70.2 Å². The van der Waals surface area contributed by atoms with E-state index in [0.717, 1.165) is 35.0 Å². The second-order valence-corrected chi connectivity index (χ2v) is 12.7. The maximum absolute atomic E-state index is 13.6. The fraction of sp³-hybridized carbons (Fsp3) is 0.567. The predicted molar refractivity (Wildman–Crippen MR) is 157 cm³/mol. The van der Waals surface area contributed by atoms with Gasteiger partial charge in [-0.3, -0.25) is 4.79 Å². The molecular weight excluding hydrogens is 532 g/mol. The van der Waals surface area contributed by atoms with E-state index in [9.17, 15) is 14.4 Å². The molecule has 4 rings (SSSR count). The zero-order chi connectivity index (χ0) is 28.7. The van der Waals surface area contributed by atoms with Crippen LogP contribution < -0.4 is 5.32 Å². The summed E-state index contributed by atoms with van der Waals surface area (Å²) in [5, 5.41) is 3.69. The van der Waals surface area contributed by atoms with Gasteiger partial charge in [-0.1, -0.05) is 39.0 Å². The lowest BCUT2D eigenvalue weighted by molar-refractivity contribution is -0.154. The molecule has 0 saturated heterocycles. The number of nitrogens with one attached hydrogen (secondary N) is 1. The molecule has 1 aromatic carbocycles. The first-order valence-corrected chi connectivity index (χ1v) is 13.6. The molecule has 1 amide bonds. The third-order valence-corrected chi connectivity index (χ3v) is 7.53. The summed E-state index contributed by atoms with van der Waals surface area (Å²) in [5.74, 6) is -0.445. The van der Waals surface area contributed by atoms with Crippen molar-refractivity contribution in [1.29, 1.82) is 0 Å². The van der Waals surface area contributed by atoms with Gasteiger partial charge in [-0.15, -0.1) is 12.4 Å². The third-order valence-electron chi connectivity index (χ3n) is 7.53. The predicted octanol–water partition coefficient (Wildman–Crippen LogP) is 5.22. The van der Waals surface area contributed by atoms with Crippen LogP contribution in [0.25, 0.3) is 10.9 Å². The second kappa shape index (κ2) is 11.7. The summed E-state index contributed by atoms with van der Waals surface area (Å²) < 4.78 is 13.1. The van der Waals surface area contributed by atoms with Crippen LogP contribution in [0.5, 0.6) is 0 Å². The maximum atomic E-state index is 13.6. The molecule has 0 fully saturated rings. The summed E-state index contributed by atoms with van der Waals surface area (Å²) in [5.41, 5.74) is 1.81. The van der Waals surface area contributed by atoms with Gasteiger partial charge in [-0.05, 0) is 52.0 Å². The number of aryl methyl sites for hydroxylation is 1. The number of nitrogens with zero attached hydrogens (tertiary/aromatic N) is 3. The van der Waals surface area contributed by atoms with Crippen molar-refractivity contribution in [3.8, 4) is 0 Å². The van der Waals surface area contributed by atoms with Crippen LogP contribution in [0.15, 0.2) is 36.7 Å². The minimum absolute atomic E-state index is 0. The monoisotopic (exact) mass is 574 g/mol. The van der Waals surface area contributed by atoms with E-state index in [2.05, 4.69) is 20.9 Å². The van der Waals surface area contributed by atoms with Crippen molar-refractivity contribution in [3.63, 3.8) is 0 Å². The average molecular weight is 575 g/mol. The largest absolute Gasteiger partial charge is 0.444 e. The fourth-order valence-corrected chi connectivity index (χ4v) is 5.34.